The van der Waals surface area contributed by atoms with Crippen LogP contribution in [0, 0.1) is 11.8 Å². The largest absolute Gasteiger partial charge is 0.0885 e. The van der Waals surface area contributed by atoms with Crippen LogP contribution >= 0.6 is 0 Å². The molecule has 0 heteroatoms. The summed E-state index contributed by atoms with van der Waals surface area (Å²) in [5.74, 6) is 1.92. The minimum Gasteiger partial charge on any atom is -0.0885 e. The van der Waals surface area contributed by atoms with Crippen molar-refractivity contribution >= 4 is 0 Å². The Morgan fingerprint density at radius 3 is 1.50 bits per heavy atom. The minimum atomic E-state index is 0.952. The summed E-state index contributed by atoms with van der Waals surface area (Å²) in [5.41, 5.74) is 0. The molecule has 0 aliphatic heterocycles. The molecule has 0 N–H and O–H groups in total. The van der Waals surface area contributed by atoms with Crippen LogP contribution in [0.25, 0.3) is 0 Å². The fraction of sp³-hybridized carbons (Fsp3) is 0.833. The average molecular weight is 333 g/mol. The predicted octanol–water partition coefficient (Wildman–Crippen LogP) is 8.63. The summed E-state index contributed by atoms with van der Waals surface area (Å²) in [5, 5.41) is 0. The van der Waals surface area contributed by atoms with E-state index in [1.54, 1.807) is 0 Å². The number of allylic oxidation sites excluding steroid dienone is 4. The third kappa shape index (κ3) is 13.9. The van der Waals surface area contributed by atoms with E-state index in [-0.39, 0.29) is 0 Å². The monoisotopic (exact) mass is 332 g/mol. The van der Waals surface area contributed by atoms with Crippen LogP contribution in [0.1, 0.15) is 117 Å². The molecule has 0 heterocycles. The van der Waals surface area contributed by atoms with Gasteiger partial charge in [-0.1, -0.05) is 89.5 Å². The van der Waals surface area contributed by atoms with Gasteiger partial charge in [-0.25, -0.2) is 0 Å². The van der Waals surface area contributed by atoms with Crippen LogP contribution in [0.15, 0.2) is 24.3 Å². The first-order chi connectivity index (χ1) is 11.8. The van der Waals surface area contributed by atoms with Crippen LogP contribution < -0.4 is 0 Å². The van der Waals surface area contributed by atoms with E-state index >= 15 is 0 Å². The van der Waals surface area contributed by atoms with Gasteiger partial charge < -0.3 is 0 Å². The highest BCUT2D eigenvalue weighted by molar-refractivity contribution is 4.83. The van der Waals surface area contributed by atoms with E-state index in [0.29, 0.717) is 0 Å². The molecule has 24 heavy (non-hydrogen) atoms. The predicted molar refractivity (Wildman–Crippen MR) is 110 cm³/mol. The number of hydrogen-bond acceptors (Lipinski definition) is 0. The van der Waals surface area contributed by atoms with Gasteiger partial charge in [-0.3, -0.25) is 0 Å². The molecule has 2 aliphatic rings. The maximum absolute atomic E-state index is 2.40. The Labute approximate surface area is 153 Å². The summed E-state index contributed by atoms with van der Waals surface area (Å²) in [6, 6.07) is 0. The maximum atomic E-state index is 2.40. The fourth-order valence-corrected chi connectivity index (χ4v) is 3.77. The second-order valence-electron chi connectivity index (χ2n) is 8.29. The molecule has 2 rings (SSSR count). The molecule has 0 nitrogen and oxygen atoms in total. The Hall–Kier alpha value is -0.520. The van der Waals surface area contributed by atoms with Gasteiger partial charge in [-0.15, -0.1) is 0 Å². The zero-order valence-corrected chi connectivity index (χ0v) is 16.8. The normalized spacial score (nSPS) is 27.9. The van der Waals surface area contributed by atoms with Crippen molar-refractivity contribution in [2.24, 2.45) is 11.8 Å². The second kappa shape index (κ2) is 16.0. The van der Waals surface area contributed by atoms with Crippen LogP contribution in [0.4, 0.5) is 0 Å². The molecule has 0 saturated heterocycles. The van der Waals surface area contributed by atoms with E-state index in [2.05, 4.69) is 38.2 Å². The summed E-state index contributed by atoms with van der Waals surface area (Å²) in [7, 11) is 0. The lowest BCUT2D eigenvalue weighted by atomic mass is 9.98. The number of rotatable bonds is 0. The molecule has 0 spiro atoms. The van der Waals surface area contributed by atoms with E-state index in [1.807, 2.05) is 0 Å². The minimum absolute atomic E-state index is 0.952. The van der Waals surface area contributed by atoms with Gasteiger partial charge in [0.2, 0.25) is 0 Å². The van der Waals surface area contributed by atoms with E-state index in [9.17, 15) is 0 Å². The standard InChI is InChI=1S/2C12H22/c2*1-12-10-8-6-4-2-3-5-7-9-11-12/h4,6,12H,2-3,5,7-11H2,1H3;2,4,12H,3,5-11H2,1H3. The highest BCUT2D eigenvalue weighted by Crippen LogP contribution is 2.18. The van der Waals surface area contributed by atoms with Crippen LogP contribution in [0.5, 0.6) is 0 Å². The zero-order valence-electron chi connectivity index (χ0n) is 16.8. The Kier molecular flexibility index (Phi) is 14.3. The molecule has 2 aliphatic carbocycles. The lowest BCUT2D eigenvalue weighted by Gasteiger charge is -2.08. The molecule has 0 aromatic carbocycles. The molecule has 0 bridgehead atoms. The first-order valence-electron chi connectivity index (χ1n) is 11.1. The molecule has 0 aromatic rings. The van der Waals surface area contributed by atoms with E-state index in [4.69, 9.17) is 0 Å². The van der Waals surface area contributed by atoms with Gasteiger partial charge in [0.25, 0.3) is 0 Å². The third-order valence-corrected chi connectivity index (χ3v) is 5.61. The molecule has 140 valence electrons. The van der Waals surface area contributed by atoms with Crippen molar-refractivity contribution in [3.8, 4) is 0 Å². The maximum Gasteiger partial charge on any atom is -0.0348 e. The Morgan fingerprint density at radius 1 is 0.417 bits per heavy atom. The lowest BCUT2D eigenvalue weighted by molar-refractivity contribution is 0.452. The fourth-order valence-electron chi connectivity index (χ4n) is 3.77. The zero-order chi connectivity index (χ0) is 17.3. The third-order valence-electron chi connectivity index (χ3n) is 5.61. The van der Waals surface area contributed by atoms with E-state index < -0.39 is 0 Å². The van der Waals surface area contributed by atoms with Crippen LogP contribution in [0.3, 0.4) is 0 Å². The highest BCUT2D eigenvalue weighted by Gasteiger charge is 2.02. The van der Waals surface area contributed by atoms with Crippen LogP contribution in [-0.4, -0.2) is 0 Å². The smallest absolute Gasteiger partial charge is 0.0348 e. The van der Waals surface area contributed by atoms with Gasteiger partial charge in [-0.2, -0.15) is 0 Å². The SMILES string of the molecule is CC1CCC=CCCCCCC1.CC1CCCC=CCCCCC1. The van der Waals surface area contributed by atoms with Gasteiger partial charge >= 0.3 is 0 Å². The Bertz CT molecular complexity index is 312. The second-order valence-corrected chi connectivity index (χ2v) is 8.29. The first-order valence-corrected chi connectivity index (χ1v) is 11.1. The van der Waals surface area contributed by atoms with Crippen molar-refractivity contribution in [2.45, 2.75) is 117 Å². The van der Waals surface area contributed by atoms with Crippen molar-refractivity contribution in [3.63, 3.8) is 0 Å². The molecule has 0 radical (unpaired) electrons. The summed E-state index contributed by atoms with van der Waals surface area (Å²) in [6.07, 6.45) is 31.9. The Balaban J connectivity index is 0.000000240. The van der Waals surface area contributed by atoms with Gasteiger partial charge in [0.15, 0.2) is 0 Å². The quantitative estimate of drug-likeness (QED) is 0.389. The molecule has 0 fully saturated rings. The summed E-state index contributed by atoms with van der Waals surface area (Å²) in [6.45, 7) is 4.80. The van der Waals surface area contributed by atoms with Gasteiger partial charge in [0.05, 0.1) is 0 Å². The van der Waals surface area contributed by atoms with Crippen molar-refractivity contribution in [2.75, 3.05) is 0 Å². The van der Waals surface area contributed by atoms with Crippen molar-refractivity contribution in [1.29, 1.82) is 0 Å². The van der Waals surface area contributed by atoms with Gasteiger partial charge in [0, 0.05) is 0 Å². The van der Waals surface area contributed by atoms with Crippen molar-refractivity contribution < 1.29 is 0 Å². The molecular formula is C24H44. The molecular weight excluding hydrogens is 288 g/mol. The molecule has 2 atom stereocenters. The molecule has 0 saturated carbocycles. The summed E-state index contributed by atoms with van der Waals surface area (Å²) >= 11 is 0. The first kappa shape index (κ1) is 21.5. The average Bonchev–Trinajstić information content (AvgIpc) is 2.67. The topological polar surface area (TPSA) is 0 Å². The van der Waals surface area contributed by atoms with Crippen LogP contribution in [-0.2, 0) is 0 Å². The van der Waals surface area contributed by atoms with E-state index in [1.165, 1.54) is 103 Å². The molecule has 0 aromatic heterocycles. The van der Waals surface area contributed by atoms with Crippen molar-refractivity contribution in [3.05, 3.63) is 24.3 Å². The Morgan fingerprint density at radius 2 is 0.833 bits per heavy atom. The van der Waals surface area contributed by atoms with E-state index in [0.717, 1.165) is 11.8 Å². The molecule has 0 amide bonds. The van der Waals surface area contributed by atoms with Gasteiger partial charge in [-0.05, 0) is 63.2 Å². The molecule has 2 unspecified atom stereocenters. The summed E-state index contributed by atoms with van der Waals surface area (Å²) < 4.78 is 0. The van der Waals surface area contributed by atoms with Gasteiger partial charge in [0.1, 0.15) is 0 Å². The number of hydrogen-bond donors (Lipinski definition) is 0. The summed E-state index contributed by atoms with van der Waals surface area (Å²) in [4.78, 5) is 0. The van der Waals surface area contributed by atoms with Crippen molar-refractivity contribution in [1.82, 2.24) is 0 Å². The van der Waals surface area contributed by atoms with Crippen LogP contribution in [0.2, 0.25) is 0 Å². The lowest BCUT2D eigenvalue weighted by Crippen LogP contribution is -1.93. The highest BCUT2D eigenvalue weighted by atomic mass is 14.1.